The van der Waals surface area contributed by atoms with Gasteiger partial charge in [-0.15, -0.1) is 0 Å². The number of ether oxygens (including phenoxy) is 1. The molecule has 0 saturated carbocycles. The smallest absolute Gasteiger partial charge is 0.162 e. The Kier molecular flexibility index (Phi) is 6.45. The van der Waals surface area contributed by atoms with Crippen molar-refractivity contribution in [2.45, 2.75) is 26.5 Å². The van der Waals surface area contributed by atoms with Crippen LogP contribution in [0.4, 0.5) is 0 Å². The molecule has 6 nitrogen and oxygen atoms in total. The fourth-order valence-corrected chi connectivity index (χ4v) is 2.27. The van der Waals surface area contributed by atoms with E-state index >= 15 is 0 Å². The van der Waals surface area contributed by atoms with Gasteiger partial charge >= 0.3 is 0 Å². The fraction of sp³-hybridized carbons (Fsp3) is 0.786. The molecule has 0 aliphatic heterocycles. The minimum absolute atomic E-state index is 0.0151. The molecule has 1 heterocycles. The summed E-state index contributed by atoms with van der Waals surface area (Å²) in [7, 11) is 5.61. The molecule has 0 bridgehead atoms. The largest absolute Gasteiger partial charge is 0.493 e. The minimum Gasteiger partial charge on any atom is -0.493 e. The van der Waals surface area contributed by atoms with Crippen molar-refractivity contribution >= 4 is 0 Å². The average molecular weight is 284 g/mol. The van der Waals surface area contributed by atoms with Crippen LogP contribution in [0.2, 0.25) is 0 Å². The van der Waals surface area contributed by atoms with E-state index in [2.05, 4.69) is 23.8 Å². The molecule has 6 heteroatoms. The van der Waals surface area contributed by atoms with E-state index in [4.69, 9.17) is 10.5 Å². The summed E-state index contributed by atoms with van der Waals surface area (Å²) < 4.78 is 7.14. The standard InChI is InChI=1S/C14H28N4O2/c1-10(2)11(8-15)14(19)13-12(20-5)9-16-18(13)7-6-17(3)4/h9-11,14,19H,6-8,15H2,1-5H3. The first kappa shape index (κ1) is 16.9. The lowest BCUT2D eigenvalue weighted by Gasteiger charge is -2.26. The molecule has 1 aromatic heterocycles. The zero-order valence-corrected chi connectivity index (χ0v) is 13.2. The Balaban J connectivity index is 3.03. The minimum atomic E-state index is -0.667. The summed E-state index contributed by atoms with van der Waals surface area (Å²) in [6, 6.07) is 0. The molecule has 3 N–H and O–H groups in total. The molecule has 0 saturated heterocycles. The summed E-state index contributed by atoms with van der Waals surface area (Å²) in [5, 5.41) is 15.0. The Bertz CT molecular complexity index is 404. The molecule has 0 spiro atoms. The molecule has 0 radical (unpaired) electrons. The third-order valence-corrected chi connectivity index (χ3v) is 3.64. The molecule has 0 aliphatic carbocycles. The van der Waals surface area contributed by atoms with Gasteiger partial charge in [0.2, 0.25) is 0 Å². The molecule has 2 unspecified atom stereocenters. The number of aliphatic hydroxyl groups excluding tert-OH is 1. The number of likely N-dealkylation sites (N-methyl/N-ethyl adjacent to an activating group) is 1. The highest BCUT2D eigenvalue weighted by atomic mass is 16.5. The quantitative estimate of drug-likeness (QED) is 0.735. The summed E-state index contributed by atoms with van der Waals surface area (Å²) in [5.74, 6) is 0.894. The van der Waals surface area contributed by atoms with Gasteiger partial charge in [0.05, 0.1) is 19.9 Å². The third-order valence-electron chi connectivity index (χ3n) is 3.64. The molecular formula is C14H28N4O2. The second-order valence-electron chi connectivity index (χ2n) is 5.71. The van der Waals surface area contributed by atoms with Crippen LogP contribution < -0.4 is 10.5 Å². The van der Waals surface area contributed by atoms with Crippen molar-refractivity contribution in [1.82, 2.24) is 14.7 Å². The van der Waals surface area contributed by atoms with E-state index < -0.39 is 6.10 Å². The Morgan fingerprint density at radius 1 is 1.45 bits per heavy atom. The maximum Gasteiger partial charge on any atom is 0.162 e. The van der Waals surface area contributed by atoms with Crippen LogP contribution in [-0.4, -0.2) is 54.1 Å². The maximum atomic E-state index is 10.7. The average Bonchev–Trinajstić information content (AvgIpc) is 2.79. The normalized spacial score (nSPS) is 14.8. The number of nitrogens with zero attached hydrogens (tertiary/aromatic N) is 3. The van der Waals surface area contributed by atoms with Crippen molar-refractivity contribution in [2.24, 2.45) is 17.6 Å². The first-order valence-corrected chi connectivity index (χ1v) is 7.04. The molecule has 116 valence electrons. The maximum absolute atomic E-state index is 10.7. The first-order chi connectivity index (χ1) is 9.42. The van der Waals surface area contributed by atoms with E-state index in [1.165, 1.54) is 0 Å². The van der Waals surface area contributed by atoms with Crippen molar-refractivity contribution in [3.05, 3.63) is 11.9 Å². The van der Waals surface area contributed by atoms with Gasteiger partial charge in [-0.3, -0.25) is 4.68 Å². The van der Waals surface area contributed by atoms with E-state index in [-0.39, 0.29) is 11.8 Å². The lowest BCUT2D eigenvalue weighted by molar-refractivity contribution is 0.0749. The highest BCUT2D eigenvalue weighted by Crippen LogP contribution is 2.33. The van der Waals surface area contributed by atoms with Crippen LogP contribution in [-0.2, 0) is 6.54 Å². The zero-order chi connectivity index (χ0) is 15.3. The highest BCUT2D eigenvalue weighted by molar-refractivity contribution is 5.28. The number of aromatic nitrogens is 2. The van der Waals surface area contributed by atoms with Gasteiger partial charge in [0.15, 0.2) is 5.75 Å². The molecule has 2 atom stereocenters. The number of hydrogen-bond donors (Lipinski definition) is 2. The zero-order valence-electron chi connectivity index (χ0n) is 13.2. The first-order valence-electron chi connectivity index (χ1n) is 7.04. The fourth-order valence-electron chi connectivity index (χ4n) is 2.27. The molecule has 1 rings (SSSR count). The van der Waals surface area contributed by atoms with Crippen molar-refractivity contribution in [1.29, 1.82) is 0 Å². The topological polar surface area (TPSA) is 76.5 Å². The Morgan fingerprint density at radius 3 is 2.55 bits per heavy atom. The van der Waals surface area contributed by atoms with Gasteiger partial charge in [0.25, 0.3) is 0 Å². The van der Waals surface area contributed by atoms with Crippen molar-refractivity contribution in [3.8, 4) is 5.75 Å². The van der Waals surface area contributed by atoms with Crippen molar-refractivity contribution in [2.75, 3.05) is 34.3 Å². The lowest BCUT2D eigenvalue weighted by Crippen LogP contribution is -2.29. The summed E-state index contributed by atoms with van der Waals surface area (Å²) in [5.41, 5.74) is 6.53. The molecule has 0 aliphatic rings. The van der Waals surface area contributed by atoms with Gasteiger partial charge in [0.1, 0.15) is 11.8 Å². The van der Waals surface area contributed by atoms with Crippen LogP contribution in [0, 0.1) is 11.8 Å². The molecular weight excluding hydrogens is 256 g/mol. The van der Waals surface area contributed by atoms with Crippen LogP contribution >= 0.6 is 0 Å². The molecule has 0 aromatic carbocycles. The summed E-state index contributed by atoms with van der Waals surface area (Å²) in [6.07, 6.45) is 0.988. The van der Waals surface area contributed by atoms with Crippen LogP contribution in [0.3, 0.4) is 0 Å². The number of rotatable bonds is 8. The van der Waals surface area contributed by atoms with E-state index in [1.54, 1.807) is 13.3 Å². The summed E-state index contributed by atoms with van der Waals surface area (Å²) >= 11 is 0. The Morgan fingerprint density at radius 2 is 2.10 bits per heavy atom. The van der Waals surface area contributed by atoms with Gasteiger partial charge in [0, 0.05) is 12.5 Å². The monoisotopic (exact) mass is 284 g/mol. The van der Waals surface area contributed by atoms with Crippen LogP contribution in [0.25, 0.3) is 0 Å². The van der Waals surface area contributed by atoms with E-state index in [9.17, 15) is 5.11 Å². The molecule has 0 fully saturated rings. The number of methoxy groups -OCH3 is 1. The third kappa shape index (κ3) is 3.94. The number of aliphatic hydroxyl groups is 1. The Labute approximate surface area is 121 Å². The molecule has 1 aromatic rings. The van der Waals surface area contributed by atoms with Gasteiger partial charge in [-0.05, 0) is 26.6 Å². The molecule has 0 amide bonds. The van der Waals surface area contributed by atoms with E-state index in [0.717, 1.165) is 12.2 Å². The van der Waals surface area contributed by atoms with Crippen molar-refractivity contribution < 1.29 is 9.84 Å². The van der Waals surface area contributed by atoms with Gasteiger partial charge in [-0.1, -0.05) is 13.8 Å². The SMILES string of the molecule is COc1cnn(CCN(C)C)c1C(O)C(CN)C(C)C. The second kappa shape index (κ2) is 7.61. The van der Waals surface area contributed by atoms with Crippen molar-refractivity contribution in [3.63, 3.8) is 0 Å². The van der Waals surface area contributed by atoms with Gasteiger partial charge in [-0.25, -0.2) is 0 Å². The van der Waals surface area contributed by atoms with Crippen LogP contribution in [0.15, 0.2) is 6.20 Å². The molecule has 20 heavy (non-hydrogen) atoms. The second-order valence-corrected chi connectivity index (χ2v) is 5.71. The van der Waals surface area contributed by atoms with Gasteiger partial charge in [-0.2, -0.15) is 5.10 Å². The van der Waals surface area contributed by atoms with E-state index in [1.807, 2.05) is 18.8 Å². The predicted octanol–water partition coefficient (Wildman–Crippen LogP) is 0.718. The number of hydrogen-bond acceptors (Lipinski definition) is 5. The predicted molar refractivity (Wildman–Crippen MR) is 79.7 cm³/mol. The Hall–Kier alpha value is -1.11. The van der Waals surface area contributed by atoms with Gasteiger partial charge < -0.3 is 20.5 Å². The number of nitrogens with two attached hydrogens (primary N) is 1. The van der Waals surface area contributed by atoms with Crippen LogP contribution in [0.1, 0.15) is 25.6 Å². The summed E-state index contributed by atoms with van der Waals surface area (Å²) in [4.78, 5) is 2.08. The summed E-state index contributed by atoms with van der Waals surface area (Å²) in [6.45, 7) is 6.11. The highest BCUT2D eigenvalue weighted by Gasteiger charge is 2.29. The lowest BCUT2D eigenvalue weighted by atomic mass is 9.88. The van der Waals surface area contributed by atoms with E-state index in [0.29, 0.717) is 18.8 Å². The van der Waals surface area contributed by atoms with Crippen LogP contribution in [0.5, 0.6) is 5.75 Å².